The van der Waals surface area contributed by atoms with Crippen molar-refractivity contribution in [2.45, 2.75) is 13.8 Å². The number of fused-ring (bicyclic) bond motifs is 1. The molecule has 0 fully saturated rings. The van der Waals surface area contributed by atoms with Gasteiger partial charge in [0, 0.05) is 5.69 Å². The first-order chi connectivity index (χ1) is 8.10. The third kappa shape index (κ3) is 2.31. The van der Waals surface area contributed by atoms with Crippen molar-refractivity contribution in [2.24, 2.45) is 5.84 Å². The monoisotopic (exact) mass is 231 g/mol. The fourth-order valence-corrected chi connectivity index (χ4v) is 1.48. The molecular weight excluding hydrogens is 218 g/mol. The maximum Gasteiger partial charge on any atom is 0.333 e. The zero-order valence-corrected chi connectivity index (χ0v) is 9.61. The van der Waals surface area contributed by atoms with Crippen LogP contribution in [0.15, 0.2) is 18.2 Å². The number of hydrogen-bond donors (Lipinski definition) is 3. The second-order valence-electron chi connectivity index (χ2n) is 3.70. The fourth-order valence-electron chi connectivity index (χ4n) is 1.48. The van der Waals surface area contributed by atoms with Gasteiger partial charge in [-0.3, -0.25) is 5.43 Å². The van der Waals surface area contributed by atoms with E-state index in [0.29, 0.717) is 5.69 Å². The van der Waals surface area contributed by atoms with E-state index in [0.717, 1.165) is 22.4 Å². The van der Waals surface area contributed by atoms with E-state index in [1.165, 1.54) is 0 Å². The summed E-state index contributed by atoms with van der Waals surface area (Å²) >= 11 is 0. The number of nitrogens with zero attached hydrogens (tertiary/aromatic N) is 2. The van der Waals surface area contributed by atoms with Crippen LogP contribution in [0.4, 0.5) is 10.5 Å². The van der Waals surface area contributed by atoms with Crippen LogP contribution in [0.25, 0.3) is 11.0 Å². The first-order valence-electron chi connectivity index (χ1n) is 5.13. The average Bonchev–Trinajstić information content (AvgIpc) is 2.31. The summed E-state index contributed by atoms with van der Waals surface area (Å²) in [4.78, 5) is 19.9. The summed E-state index contributed by atoms with van der Waals surface area (Å²) in [6.07, 6.45) is 0. The van der Waals surface area contributed by atoms with Crippen LogP contribution in [0.2, 0.25) is 0 Å². The highest BCUT2D eigenvalue weighted by atomic mass is 16.2. The van der Waals surface area contributed by atoms with Crippen molar-refractivity contribution in [1.82, 2.24) is 15.4 Å². The number of urea groups is 1. The molecule has 17 heavy (non-hydrogen) atoms. The van der Waals surface area contributed by atoms with Crippen molar-refractivity contribution in [3.63, 3.8) is 0 Å². The minimum Gasteiger partial charge on any atom is -0.307 e. The molecule has 2 amide bonds. The third-order valence-corrected chi connectivity index (χ3v) is 2.46. The largest absolute Gasteiger partial charge is 0.333 e. The summed E-state index contributed by atoms with van der Waals surface area (Å²) in [7, 11) is 0. The summed E-state index contributed by atoms with van der Waals surface area (Å²) in [6.45, 7) is 3.81. The van der Waals surface area contributed by atoms with Gasteiger partial charge in [0.2, 0.25) is 0 Å². The van der Waals surface area contributed by atoms with E-state index in [1.54, 1.807) is 18.2 Å². The van der Waals surface area contributed by atoms with Crippen molar-refractivity contribution < 1.29 is 4.79 Å². The topological polar surface area (TPSA) is 92.9 Å². The van der Waals surface area contributed by atoms with E-state index in [4.69, 9.17) is 5.84 Å². The Labute approximate surface area is 98.2 Å². The van der Waals surface area contributed by atoms with Gasteiger partial charge in [0.05, 0.1) is 22.4 Å². The molecule has 1 aromatic heterocycles. The molecule has 0 saturated heterocycles. The van der Waals surface area contributed by atoms with Crippen LogP contribution in [-0.2, 0) is 0 Å². The number of hydrogen-bond acceptors (Lipinski definition) is 4. The van der Waals surface area contributed by atoms with Gasteiger partial charge in [0.1, 0.15) is 0 Å². The Balaban J connectivity index is 2.43. The van der Waals surface area contributed by atoms with Crippen molar-refractivity contribution in [1.29, 1.82) is 0 Å². The molecule has 0 aliphatic rings. The first-order valence-corrected chi connectivity index (χ1v) is 5.13. The number of aromatic nitrogens is 2. The van der Waals surface area contributed by atoms with Crippen molar-refractivity contribution in [3.05, 3.63) is 29.6 Å². The standard InChI is InChI=1S/C11H13N5O/c1-6-7(2)14-10-5-8(15-11(17)16-12)3-4-9(10)13-6/h3-5H,12H2,1-2H3,(H2,15,16,17). The molecule has 0 aliphatic heterocycles. The van der Waals surface area contributed by atoms with E-state index in [2.05, 4.69) is 15.3 Å². The molecular formula is C11H13N5O. The first kappa shape index (κ1) is 11.3. The van der Waals surface area contributed by atoms with Gasteiger partial charge < -0.3 is 5.32 Å². The Morgan fingerprint density at radius 2 is 1.82 bits per heavy atom. The van der Waals surface area contributed by atoms with Gasteiger partial charge in [-0.25, -0.2) is 20.6 Å². The molecule has 0 spiro atoms. The summed E-state index contributed by atoms with van der Waals surface area (Å²) < 4.78 is 0. The van der Waals surface area contributed by atoms with Gasteiger partial charge >= 0.3 is 6.03 Å². The normalized spacial score (nSPS) is 10.3. The zero-order chi connectivity index (χ0) is 12.4. The predicted molar refractivity (Wildman–Crippen MR) is 65.4 cm³/mol. The lowest BCUT2D eigenvalue weighted by Crippen LogP contribution is -2.34. The molecule has 88 valence electrons. The zero-order valence-electron chi connectivity index (χ0n) is 9.61. The summed E-state index contributed by atoms with van der Waals surface area (Å²) in [5.74, 6) is 4.99. The quantitative estimate of drug-likeness (QED) is 0.391. The van der Waals surface area contributed by atoms with Gasteiger partial charge in [-0.1, -0.05) is 0 Å². The lowest BCUT2D eigenvalue weighted by atomic mass is 10.2. The molecule has 4 N–H and O–H groups in total. The smallest absolute Gasteiger partial charge is 0.307 e. The second kappa shape index (κ2) is 4.34. The molecule has 1 heterocycles. The number of anilines is 1. The van der Waals surface area contributed by atoms with Crippen molar-refractivity contribution >= 4 is 22.8 Å². The molecule has 0 aliphatic carbocycles. The van der Waals surface area contributed by atoms with Crippen LogP contribution in [0.3, 0.4) is 0 Å². The number of aryl methyl sites for hydroxylation is 2. The summed E-state index contributed by atoms with van der Waals surface area (Å²) in [5.41, 5.74) is 5.93. The van der Waals surface area contributed by atoms with Crippen LogP contribution in [0.5, 0.6) is 0 Å². The Morgan fingerprint density at radius 3 is 2.47 bits per heavy atom. The van der Waals surface area contributed by atoms with Crippen LogP contribution in [0, 0.1) is 13.8 Å². The molecule has 0 atom stereocenters. The van der Waals surface area contributed by atoms with E-state index >= 15 is 0 Å². The third-order valence-electron chi connectivity index (χ3n) is 2.46. The molecule has 0 radical (unpaired) electrons. The number of amides is 2. The van der Waals surface area contributed by atoms with Crippen molar-refractivity contribution in [2.75, 3.05) is 5.32 Å². The highest BCUT2D eigenvalue weighted by molar-refractivity contribution is 5.91. The minimum absolute atomic E-state index is 0.471. The van der Waals surface area contributed by atoms with Crippen LogP contribution in [0.1, 0.15) is 11.4 Å². The molecule has 2 aromatic rings. The Kier molecular flexibility index (Phi) is 2.88. The van der Waals surface area contributed by atoms with Gasteiger partial charge in [0.15, 0.2) is 0 Å². The fraction of sp³-hybridized carbons (Fsp3) is 0.182. The molecule has 1 aromatic carbocycles. The molecule has 0 saturated carbocycles. The Bertz CT molecular complexity index is 581. The average molecular weight is 231 g/mol. The number of carbonyl (C=O) groups is 1. The van der Waals surface area contributed by atoms with E-state index in [1.807, 2.05) is 19.3 Å². The summed E-state index contributed by atoms with van der Waals surface area (Å²) in [5, 5.41) is 2.57. The van der Waals surface area contributed by atoms with E-state index in [-0.39, 0.29) is 0 Å². The minimum atomic E-state index is -0.471. The Morgan fingerprint density at radius 1 is 1.18 bits per heavy atom. The molecule has 6 nitrogen and oxygen atoms in total. The van der Waals surface area contributed by atoms with Gasteiger partial charge in [0.25, 0.3) is 0 Å². The second-order valence-corrected chi connectivity index (χ2v) is 3.70. The highest BCUT2D eigenvalue weighted by Gasteiger charge is 2.04. The van der Waals surface area contributed by atoms with Gasteiger partial charge in [-0.05, 0) is 32.0 Å². The van der Waals surface area contributed by atoms with Gasteiger partial charge in [-0.15, -0.1) is 0 Å². The van der Waals surface area contributed by atoms with Crippen LogP contribution >= 0.6 is 0 Å². The van der Waals surface area contributed by atoms with Crippen LogP contribution < -0.4 is 16.6 Å². The molecule has 0 bridgehead atoms. The number of rotatable bonds is 1. The maximum absolute atomic E-state index is 11.1. The number of hydrazine groups is 1. The number of nitrogens with two attached hydrogens (primary N) is 1. The maximum atomic E-state index is 11.1. The number of benzene rings is 1. The summed E-state index contributed by atoms with van der Waals surface area (Å²) in [6, 6.07) is 4.84. The Hall–Kier alpha value is -2.21. The number of nitrogens with one attached hydrogen (secondary N) is 2. The lowest BCUT2D eigenvalue weighted by Gasteiger charge is -2.06. The highest BCUT2D eigenvalue weighted by Crippen LogP contribution is 2.17. The number of carbonyl (C=O) groups excluding carboxylic acids is 1. The molecule has 6 heteroatoms. The van der Waals surface area contributed by atoms with E-state index < -0.39 is 6.03 Å². The van der Waals surface area contributed by atoms with Crippen molar-refractivity contribution in [3.8, 4) is 0 Å². The van der Waals surface area contributed by atoms with Crippen LogP contribution in [-0.4, -0.2) is 16.0 Å². The lowest BCUT2D eigenvalue weighted by molar-refractivity contribution is 0.252. The predicted octanol–water partition coefficient (Wildman–Crippen LogP) is 1.24. The molecule has 0 unspecified atom stereocenters. The molecule has 2 rings (SSSR count). The SMILES string of the molecule is Cc1nc2ccc(NC(=O)NN)cc2nc1C. The van der Waals surface area contributed by atoms with Gasteiger partial charge in [-0.2, -0.15) is 0 Å². The van der Waals surface area contributed by atoms with E-state index in [9.17, 15) is 4.79 Å².